The van der Waals surface area contributed by atoms with E-state index in [0.717, 1.165) is 43.6 Å². The van der Waals surface area contributed by atoms with Crippen LogP contribution in [0.3, 0.4) is 0 Å². The fourth-order valence-corrected chi connectivity index (χ4v) is 4.78. The Morgan fingerprint density at radius 1 is 1.07 bits per heavy atom. The van der Waals surface area contributed by atoms with Crippen LogP contribution in [0.1, 0.15) is 50.5 Å². The highest BCUT2D eigenvalue weighted by molar-refractivity contribution is 5.95. The Hall–Kier alpha value is -2.41. The third-order valence-electron chi connectivity index (χ3n) is 6.36. The number of nitrogens with one attached hydrogen (secondary N) is 2. The summed E-state index contributed by atoms with van der Waals surface area (Å²) in [5, 5.41) is 5.86. The minimum absolute atomic E-state index is 0.0297. The average Bonchev–Trinajstić information content (AvgIpc) is 3.40. The van der Waals surface area contributed by atoms with Crippen LogP contribution in [-0.2, 0) is 20.9 Å². The molecule has 156 valence electrons. The summed E-state index contributed by atoms with van der Waals surface area (Å²) in [6.07, 6.45) is 6.38. The normalized spacial score (nSPS) is 23.4. The van der Waals surface area contributed by atoms with Gasteiger partial charge in [-0.2, -0.15) is 0 Å². The van der Waals surface area contributed by atoms with Crippen molar-refractivity contribution >= 4 is 23.4 Å². The number of anilines is 1. The molecule has 0 spiro atoms. The van der Waals surface area contributed by atoms with Gasteiger partial charge in [-0.3, -0.25) is 19.3 Å². The Labute approximate surface area is 171 Å². The zero-order valence-electron chi connectivity index (χ0n) is 16.9. The third-order valence-corrected chi connectivity index (χ3v) is 6.36. The van der Waals surface area contributed by atoms with Crippen LogP contribution in [0.5, 0.6) is 0 Å². The van der Waals surface area contributed by atoms with Crippen molar-refractivity contribution in [1.29, 1.82) is 0 Å². The molecule has 0 aromatic heterocycles. The summed E-state index contributed by atoms with van der Waals surface area (Å²) in [5.41, 5.74) is 1.89. The first kappa shape index (κ1) is 19.9. The molecule has 2 heterocycles. The highest BCUT2D eigenvalue weighted by Gasteiger charge is 2.36. The van der Waals surface area contributed by atoms with Crippen molar-refractivity contribution in [1.82, 2.24) is 15.5 Å². The van der Waals surface area contributed by atoms with Gasteiger partial charge in [0.25, 0.3) is 0 Å². The van der Waals surface area contributed by atoms with Crippen molar-refractivity contribution in [3.05, 3.63) is 29.8 Å². The molecule has 7 nitrogen and oxygen atoms in total. The number of carbonyl (C=O) groups excluding carboxylic acids is 3. The number of nitrogens with zero attached hydrogens (tertiary/aromatic N) is 2. The van der Waals surface area contributed by atoms with Gasteiger partial charge in [-0.15, -0.1) is 0 Å². The monoisotopic (exact) mass is 398 g/mol. The van der Waals surface area contributed by atoms with Crippen LogP contribution in [0.25, 0.3) is 0 Å². The van der Waals surface area contributed by atoms with Gasteiger partial charge in [0, 0.05) is 44.3 Å². The molecule has 4 rings (SSSR count). The summed E-state index contributed by atoms with van der Waals surface area (Å²) in [6.45, 7) is 2.69. The molecule has 2 N–H and O–H groups in total. The Morgan fingerprint density at radius 2 is 1.83 bits per heavy atom. The molecule has 1 saturated carbocycles. The van der Waals surface area contributed by atoms with Crippen LogP contribution >= 0.6 is 0 Å². The van der Waals surface area contributed by atoms with Crippen LogP contribution in [0, 0.1) is 0 Å². The number of piperazine rings is 1. The number of rotatable bonds is 6. The highest BCUT2D eigenvalue weighted by atomic mass is 16.2. The molecular formula is C22H30N4O3. The van der Waals surface area contributed by atoms with Gasteiger partial charge in [-0.05, 0) is 37.0 Å². The Bertz CT molecular complexity index is 758. The van der Waals surface area contributed by atoms with Crippen LogP contribution < -0.4 is 15.5 Å². The van der Waals surface area contributed by atoms with Crippen molar-refractivity contribution in [2.45, 2.75) is 63.6 Å². The number of hydrogen-bond acceptors (Lipinski definition) is 4. The SMILES string of the molecule is O=C(CC1C(=O)NCCN1C1CCCC1)NCc1ccc(N2CCCC2=O)cc1. The number of carbonyl (C=O) groups is 3. The molecule has 0 bridgehead atoms. The zero-order chi connectivity index (χ0) is 20.2. The van der Waals surface area contributed by atoms with E-state index in [0.29, 0.717) is 25.6 Å². The second kappa shape index (κ2) is 8.95. The molecule has 0 radical (unpaired) electrons. The first-order valence-corrected chi connectivity index (χ1v) is 10.8. The van der Waals surface area contributed by atoms with Crippen molar-refractivity contribution in [2.24, 2.45) is 0 Å². The third kappa shape index (κ3) is 4.61. The van der Waals surface area contributed by atoms with Crippen LogP contribution in [0.15, 0.2) is 24.3 Å². The van der Waals surface area contributed by atoms with Gasteiger partial charge >= 0.3 is 0 Å². The fourth-order valence-electron chi connectivity index (χ4n) is 4.78. The quantitative estimate of drug-likeness (QED) is 0.762. The summed E-state index contributed by atoms with van der Waals surface area (Å²) < 4.78 is 0. The van der Waals surface area contributed by atoms with Gasteiger partial charge in [-0.25, -0.2) is 0 Å². The van der Waals surface area contributed by atoms with Crippen LogP contribution in [0.2, 0.25) is 0 Å². The lowest BCUT2D eigenvalue weighted by Gasteiger charge is -2.38. The van der Waals surface area contributed by atoms with E-state index in [9.17, 15) is 14.4 Å². The van der Waals surface area contributed by atoms with E-state index in [-0.39, 0.29) is 30.2 Å². The molecule has 7 heteroatoms. The largest absolute Gasteiger partial charge is 0.353 e. The molecule has 3 amide bonds. The van der Waals surface area contributed by atoms with Crippen molar-refractivity contribution < 1.29 is 14.4 Å². The average molecular weight is 399 g/mol. The zero-order valence-corrected chi connectivity index (χ0v) is 16.9. The fraction of sp³-hybridized carbons (Fsp3) is 0.591. The van der Waals surface area contributed by atoms with Crippen molar-refractivity contribution in [2.75, 3.05) is 24.5 Å². The number of hydrogen-bond donors (Lipinski definition) is 2. The summed E-state index contributed by atoms with van der Waals surface area (Å²) >= 11 is 0. The van der Waals surface area contributed by atoms with E-state index in [1.54, 1.807) is 0 Å². The molecule has 1 unspecified atom stereocenters. The van der Waals surface area contributed by atoms with Gasteiger partial charge in [0.15, 0.2) is 0 Å². The van der Waals surface area contributed by atoms with Crippen molar-refractivity contribution in [3.8, 4) is 0 Å². The molecule has 1 aliphatic carbocycles. The van der Waals surface area contributed by atoms with E-state index in [1.165, 1.54) is 12.8 Å². The van der Waals surface area contributed by atoms with Gasteiger partial charge < -0.3 is 15.5 Å². The summed E-state index contributed by atoms with van der Waals surface area (Å²) in [7, 11) is 0. The Balaban J connectivity index is 1.30. The lowest BCUT2D eigenvalue weighted by molar-refractivity contribution is -0.135. The van der Waals surface area contributed by atoms with Gasteiger partial charge in [0.2, 0.25) is 17.7 Å². The molecular weight excluding hydrogens is 368 g/mol. The van der Waals surface area contributed by atoms with E-state index < -0.39 is 0 Å². The maximum absolute atomic E-state index is 12.5. The predicted molar refractivity (Wildman–Crippen MR) is 110 cm³/mol. The van der Waals surface area contributed by atoms with E-state index in [4.69, 9.17) is 0 Å². The Kier molecular flexibility index (Phi) is 6.13. The van der Waals surface area contributed by atoms with E-state index >= 15 is 0 Å². The van der Waals surface area contributed by atoms with Gasteiger partial charge in [0.1, 0.15) is 0 Å². The molecule has 29 heavy (non-hydrogen) atoms. The molecule has 3 aliphatic rings. The molecule has 1 atom stereocenters. The number of benzene rings is 1. The molecule has 1 aromatic rings. The second-order valence-electron chi connectivity index (χ2n) is 8.28. The van der Waals surface area contributed by atoms with Crippen LogP contribution in [0.4, 0.5) is 5.69 Å². The second-order valence-corrected chi connectivity index (χ2v) is 8.28. The molecule has 2 aliphatic heterocycles. The minimum atomic E-state index is -0.365. The van der Waals surface area contributed by atoms with Gasteiger partial charge in [0.05, 0.1) is 12.5 Å². The Morgan fingerprint density at radius 3 is 2.52 bits per heavy atom. The maximum atomic E-state index is 12.5. The van der Waals surface area contributed by atoms with Crippen LogP contribution in [-0.4, -0.2) is 54.3 Å². The summed E-state index contributed by atoms with van der Waals surface area (Å²) in [5.74, 6) is 0.0374. The topological polar surface area (TPSA) is 81.8 Å². The maximum Gasteiger partial charge on any atom is 0.237 e. The van der Waals surface area contributed by atoms with Gasteiger partial charge in [-0.1, -0.05) is 25.0 Å². The van der Waals surface area contributed by atoms with E-state index in [2.05, 4.69) is 15.5 Å². The molecule has 1 aromatic carbocycles. The first-order valence-electron chi connectivity index (χ1n) is 10.8. The summed E-state index contributed by atoms with van der Waals surface area (Å²) in [6, 6.07) is 7.82. The predicted octanol–water partition coefficient (Wildman–Crippen LogP) is 1.56. The lowest BCUT2D eigenvalue weighted by atomic mass is 10.0. The highest BCUT2D eigenvalue weighted by Crippen LogP contribution is 2.27. The first-order chi connectivity index (χ1) is 14.1. The minimum Gasteiger partial charge on any atom is -0.353 e. The lowest BCUT2D eigenvalue weighted by Crippen LogP contribution is -2.59. The van der Waals surface area contributed by atoms with Crippen molar-refractivity contribution in [3.63, 3.8) is 0 Å². The standard InChI is InChI=1S/C22H30N4O3/c27-20(14-19-22(29)23-11-13-25(19)17-4-1-2-5-17)24-15-16-7-9-18(10-8-16)26-12-3-6-21(26)28/h7-10,17,19H,1-6,11-15H2,(H,23,29)(H,24,27). The molecule has 2 saturated heterocycles. The van der Waals surface area contributed by atoms with E-state index in [1.807, 2.05) is 29.2 Å². The number of amides is 3. The summed E-state index contributed by atoms with van der Waals surface area (Å²) in [4.78, 5) is 40.8. The molecule has 3 fully saturated rings. The smallest absolute Gasteiger partial charge is 0.237 e.